The molecule has 32 heavy (non-hydrogen) atoms. The highest BCUT2D eigenvalue weighted by Crippen LogP contribution is 2.21. The molecule has 164 valence electrons. The summed E-state index contributed by atoms with van der Waals surface area (Å²) >= 11 is 0. The van der Waals surface area contributed by atoms with Gasteiger partial charge in [-0.05, 0) is 43.5 Å². The van der Waals surface area contributed by atoms with Crippen LogP contribution in [0.3, 0.4) is 0 Å². The van der Waals surface area contributed by atoms with Gasteiger partial charge < -0.3 is 23.4 Å². The van der Waals surface area contributed by atoms with E-state index in [9.17, 15) is 14.4 Å². The summed E-state index contributed by atoms with van der Waals surface area (Å²) in [5.41, 5.74) is 0.162. The molecule has 0 atom stereocenters. The van der Waals surface area contributed by atoms with Crippen LogP contribution in [0.2, 0.25) is 0 Å². The summed E-state index contributed by atoms with van der Waals surface area (Å²) in [5.74, 6) is -0.572. The summed E-state index contributed by atoms with van der Waals surface area (Å²) in [6.45, 7) is 0.969. The highest BCUT2D eigenvalue weighted by molar-refractivity contribution is 5.87. The van der Waals surface area contributed by atoms with E-state index in [4.69, 9.17) is 23.4 Å². The minimum Gasteiger partial charge on any atom is -0.493 e. The predicted octanol–water partition coefficient (Wildman–Crippen LogP) is 4.23. The molecule has 0 aliphatic heterocycles. The second-order valence-electron chi connectivity index (χ2n) is 7.14. The Hall–Kier alpha value is -4.07. The van der Waals surface area contributed by atoms with Crippen molar-refractivity contribution in [2.45, 2.75) is 19.3 Å². The molecule has 0 saturated heterocycles. The maximum atomic E-state index is 12.0. The zero-order valence-corrected chi connectivity index (χ0v) is 17.0. The molecule has 4 aromatic rings. The lowest BCUT2D eigenvalue weighted by Crippen LogP contribution is -2.06. The topological polar surface area (TPSA) is 116 Å². The van der Waals surface area contributed by atoms with Crippen molar-refractivity contribution in [1.29, 1.82) is 0 Å². The number of benzene rings is 2. The van der Waals surface area contributed by atoms with Crippen LogP contribution >= 0.6 is 0 Å². The molecule has 2 heterocycles. The van der Waals surface area contributed by atoms with Crippen LogP contribution in [0.4, 0.5) is 0 Å². The molecule has 0 aliphatic carbocycles. The van der Waals surface area contributed by atoms with Gasteiger partial charge in [0.05, 0.1) is 30.2 Å². The van der Waals surface area contributed by atoms with Crippen LogP contribution in [-0.4, -0.2) is 24.3 Å². The number of aromatic carboxylic acids is 1. The van der Waals surface area contributed by atoms with E-state index in [0.29, 0.717) is 41.1 Å². The van der Waals surface area contributed by atoms with E-state index < -0.39 is 17.2 Å². The third kappa shape index (κ3) is 4.80. The number of hydrogen-bond acceptors (Lipinski definition) is 7. The monoisotopic (exact) mass is 436 g/mol. The van der Waals surface area contributed by atoms with Gasteiger partial charge in [0.25, 0.3) is 0 Å². The smallest absolute Gasteiger partial charge is 0.371 e. The molecule has 2 aromatic carbocycles. The van der Waals surface area contributed by atoms with Crippen molar-refractivity contribution in [3.8, 4) is 11.5 Å². The first kappa shape index (κ1) is 21.2. The Balaban J connectivity index is 1.23. The number of carbonyl (C=O) groups is 1. The second-order valence-corrected chi connectivity index (χ2v) is 7.14. The quantitative estimate of drug-likeness (QED) is 0.388. The van der Waals surface area contributed by atoms with Gasteiger partial charge in [-0.2, -0.15) is 0 Å². The van der Waals surface area contributed by atoms with E-state index in [1.165, 1.54) is 18.4 Å². The van der Waals surface area contributed by atoms with E-state index in [1.807, 2.05) is 0 Å². The van der Waals surface area contributed by atoms with E-state index in [0.717, 1.165) is 25.3 Å². The summed E-state index contributed by atoms with van der Waals surface area (Å²) in [4.78, 5) is 34.7. The molecule has 1 N–H and O–H groups in total. The van der Waals surface area contributed by atoms with Crippen LogP contribution in [0.25, 0.3) is 21.9 Å². The van der Waals surface area contributed by atoms with Gasteiger partial charge in [-0.25, -0.2) is 4.79 Å². The lowest BCUT2D eigenvalue weighted by atomic mass is 10.2. The predicted molar refractivity (Wildman–Crippen MR) is 117 cm³/mol. The number of ether oxygens (including phenoxy) is 2. The summed E-state index contributed by atoms with van der Waals surface area (Å²) < 4.78 is 22.0. The molecule has 0 spiro atoms. The maximum Gasteiger partial charge on any atom is 0.371 e. The van der Waals surface area contributed by atoms with Crippen molar-refractivity contribution in [2.24, 2.45) is 0 Å². The molecule has 0 bridgehead atoms. The average Bonchev–Trinajstić information content (AvgIpc) is 2.78. The molecular formula is C24H20O8. The van der Waals surface area contributed by atoms with Crippen molar-refractivity contribution < 1.29 is 28.2 Å². The van der Waals surface area contributed by atoms with Crippen molar-refractivity contribution in [3.63, 3.8) is 0 Å². The van der Waals surface area contributed by atoms with E-state index in [2.05, 4.69) is 0 Å². The zero-order chi connectivity index (χ0) is 22.5. The van der Waals surface area contributed by atoms with Gasteiger partial charge in [0.15, 0.2) is 10.9 Å². The molecule has 8 heteroatoms. The van der Waals surface area contributed by atoms with Crippen LogP contribution in [0, 0.1) is 0 Å². The average molecular weight is 436 g/mol. The lowest BCUT2D eigenvalue weighted by molar-refractivity contribution is 0.0663. The molecular weight excluding hydrogens is 416 g/mol. The molecule has 0 fully saturated rings. The number of unbranched alkanes of at least 4 members (excludes halogenated alkanes) is 2. The number of rotatable bonds is 9. The van der Waals surface area contributed by atoms with E-state index in [1.54, 1.807) is 30.3 Å². The van der Waals surface area contributed by atoms with Gasteiger partial charge in [0.1, 0.15) is 22.7 Å². The van der Waals surface area contributed by atoms with E-state index in [-0.39, 0.29) is 11.0 Å². The third-order valence-corrected chi connectivity index (χ3v) is 4.87. The molecule has 8 nitrogen and oxygen atoms in total. The summed E-state index contributed by atoms with van der Waals surface area (Å²) in [5, 5.41) is 9.84. The Bertz CT molecular complexity index is 1380. The zero-order valence-electron chi connectivity index (χ0n) is 17.0. The normalized spacial score (nSPS) is 11.0. The lowest BCUT2D eigenvalue weighted by Gasteiger charge is -2.08. The van der Waals surface area contributed by atoms with Crippen LogP contribution in [-0.2, 0) is 0 Å². The number of fused-ring (bicyclic) bond motifs is 2. The molecule has 0 radical (unpaired) electrons. The summed E-state index contributed by atoms with van der Waals surface area (Å²) in [6.07, 6.45) is 3.83. The Morgan fingerprint density at radius 2 is 1.41 bits per heavy atom. The van der Waals surface area contributed by atoms with Gasteiger partial charge in [-0.15, -0.1) is 0 Å². The van der Waals surface area contributed by atoms with Crippen molar-refractivity contribution >= 4 is 27.9 Å². The number of hydrogen-bond donors (Lipinski definition) is 1. The fourth-order valence-electron chi connectivity index (χ4n) is 3.24. The number of carboxylic acid groups (broad SMARTS) is 1. The first-order valence-electron chi connectivity index (χ1n) is 10.1. The Labute approximate surface area is 181 Å². The van der Waals surface area contributed by atoms with Crippen LogP contribution < -0.4 is 20.3 Å². The molecule has 2 aromatic heterocycles. The highest BCUT2D eigenvalue weighted by atomic mass is 16.5. The standard InChI is InChI=1S/C24H20O8/c25-19-8-11-31-21-12-15(4-6-17(19)21)29-9-2-1-3-10-30-16-5-7-18-20(26)14-23(24(27)28)32-22(18)13-16/h4-8,11-14H,1-3,9-10H2,(H,27,28). The molecule has 0 aliphatic rings. The van der Waals surface area contributed by atoms with Gasteiger partial charge in [-0.3, -0.25) is 9.59 Å². The SMILES string of the molecule is O=C(O)c1cc(=O)c2ccc(OCCCCCOc3ccc4c(=O)ccoc4c3)cc2o1. The van der Waals surface area contributed by atoms with Crippen LogP contribution in [0.15, 0.2) is 73.2 Å². The molecule has 4 rings (SSSR count). The first-order valence-corrected chi connectivity index (χ1v) is 10.1. The minimum absolute atomic E-state index is 0.0892. The molecule has 0 amide bonds. The summed E-state index contributed by atoms with van der Waals surface area (Å²) in [6, 6.07) is 12.2. The van der Waals surface area contributed by atoms with E-state index >= 15 is 0 Å². The first-order chi connectivity index (χ1) is 15.5. The van der Waals surface area contributed by atoms with Crippen molar-refractivity contribution in [3.05, 3.63) is 81.0 Å². The summed E-state index contributed by atoms with van der Waals surface area (Å²) in [7, 11) is 0. The highest BCUT2D eigenvalue weighted by Gasteiger charge is 2.11. The Morgan fingerprint density at radius 1 is 0.781 bits per heavy atom. The fraction of sp³-hybridized carbons (Fsp3) is 0.208. The largest absolute Gasteiger partial charge is 0.493 e. The fourth-order valence-corrected chi connectivity index (χ4v) is 3.24. The van der Waals surface area contributed by atoms with Gasteiger partial charge in [0, 0.05) is 24.3 Å². The Kier molecular flexibility index (Phi) is 6.21. The van der Waals surface area contributed by atoms with Gasteiger partial charge >= 0.3 is 5.97 Å². The van der Waals surface area contributed by atoms with Gasteiger partial charge in [-0.1, -0.05) is 0 Å². The maximum absolute atomic E-state index is 12.0. The minimum atomic E-state index is -1.30. The molecule has 0 unspecified atom stereocenters. The second kappa shape index (κ2) is 9.38. The van der Waals surface area contributed by atoms with Crippen molar-refractivity contribution in [2.75, 3.05) is 13.2 Å². The molecule has 0 saturated carbocycles. The van der Waals surface area contributed by atoms with Crippen LogP contribution in [0.1, 0.15) is 29.8 Å². The van der Waals surface area contributed by atoms with Crippen LogP contribution in [0.5, 0.6) is 11.5 Å². The number of carboxylic acids is 1. The Morgan fingerprint density at radius 3 is 2.06 bits per heavy atom. The van der Waals surface area contributed by atoms with Crippen molar-refractivity contribution in [1.82, 2.24) is 0 Å². The third-order valence-electron chi connectivity index (χ3n) is 4.87. The van der Waals surface area contributed by atoms with Gasteiger partial charge in [0.2, 0.25) is 5.76 Å².